The van der Waals surface area contributed by atoms with Gasteiger partial charge in [-0.25, -0.2) is 4.39 Å². The first-order valence-electron chi connectivity index (χ1n) is 9.40. The second-order valence-electron chi connectivity index (χ2n) is 6.52. The van der Waals surface area contributed by atoms with Crippen LogP contribution in [0.1, 0.15) is 10.4 Å². The van der Waals surface area contributed by atoms with Gasteiger partial charge in [-0.3, -0.25) is 9.59 Å². The van der Waals surface area contributed by atoms with Crippen LogP contribution in [0.3, 0.4) is 0 Å². The normalized spacial score (nSPS) is 10.4. The summed E-state index contributed by atoms with van der Waals surface area (Å²) in [6.45, 7) is 0. The minimum Gasteiger partial charge on any atom is -0.493 e. The number of hydrogen-bond donors (Lipinski definition) is 2. The van der Waals surface area contributed by atoms with Crippen LogP contribution in [-0.4, -0.2) is 31.8 Å². The third-order valence-electron chi connectivity index (χ3n) is 4.31. The van der Waals surface area contributed by atoms with E-state index in [9.17, 15) is 14.0 Å². The summed E-state index contributed by atoms with van der Waals surface area (Å²) in [5.74, 6) is -0.00812. The maximum atomic E-state index is 13.2. The summed E-state index contributed by atoms with van der Waals surface area (Å²) >= 11 is 7.02. The molecular formula is C23H20ClFN2O4S. The van der Waals surface area contributed by atoms with E-state index in [1.807, 2.05) is 6.07 Å². The van der Waals surface area contributed by atoms with Crippen LogP contribution in [0.2, 0.25) is 5.02 Å². The van der Waals surface area contributed by atoms with Crippen molar-refractivity contribution in [3.8, 4) is 11.5 Å². The summed E-state index contributed by atoms with van der Waals surface area (Å²) in [6.07, 6.45) is 0. The highest BCUT2D eigenvalue weighted by molar-refractivity contribution is 8.00. The summed E-state index contributed by atoms with van der Waals surface area (Å²) in [4.78, 5) is 25.6. The van der Waals surface area contributed by atoms with Crippen molar-refractivity contribution in [2.75, 3.05) is 30.6 Å². The molecule has 0 aliphatic heterocycles. The number of thioether (sulfide) groups is 1. The Kier molecular flexibility index (Phi) is 7.97. The standard InChI is InChI=1S/C23H20ClFN2O4S/c1-30-20-9-6-14(10-21(20)31-2)23(29)27-15-4-3-5-17(11-15)32-13-22(28)26-16-7-8-19(25)18(24)12-16/h3-12H,13H2,1-2H3,(H,26,28)(H,27,29). The van der Waals surface area contributed by atoms with Crippen LogP contribution in [0, 0.1) is 5.82 Å². The number of benzene rings is 3. The van der Waals surface area contributed by atoms with Gasteiger partial charge in [0.25, 0.3) is 5.91 Å². The number of nitrogens with one attached hydrogen (secondary N) is 2. The van der Waals surface area contributed by atoms with E-state index >= 15 is 0 Å². The second-order valence-corrected chi connectivity index (χ2v) is 7.97. The number of amides is 2. The molecule has 166 valence electrons. The van der Waals surface area contributed by atoms with Crippen LogP contribution in [-0.2, 0) is 4.79 Å². The van der Waals surface area contributed by atoms with E-state index in [4.69, 9.17) is 21.1 Å². The number of ether oxygens (including phenoxy) is 2. The van der Waals surface area contributed by atoms with E-state index in [1.54, 1.807) is 36.4 Å². The zero-order valence-electron chi connectivity index (χ0n) is 17.3. The maximum absolute atomic E-state index is 13.2. The average molecular weight is 475 g/mol. The minimum absolute atomic E-state index is 0.0617. The summed E-state index contributed by atoms with van der Waals surface area (Å²) in [7, 11) is 3.02. The Hall–Kier alpha value is -3.23. The lowest BCUT2D eigenvalue weighted by atomic mass is 10.2. The van der Waals surface area contributed by atoms with Gasteiger partial charge in [-0.2, -0.15) is 0 Å². The lowest BCUT2D eigenvalue weighted by Crippen LogP contribution is -2.14. The molecule has 0 unspecified atom stereocenters. The number of halogens is 2. The van der Waals surface area contributed by atoms with Gasteiger partial charge in [0.2, 0.25) is 5.91 Å². The molecule has 0 bridgehead atoms. The highest BCUT2D eigenvalue weighted by atomic mass is 35.5. The summed E-state index contributed by atoms with van der Waals surface area (Å²) in [6, 6.07) is 16.0. The van der Waals surface area contributed by atoms with Crippen molar-refractivity contribution in [1.82, 2.24) is 0 Å². The Morgan fingerprint density at radius 1 is 0.938 bits per heavy atom. The van der Waals surface area contributed by atoms with Gasteiger partial charge in [0.15, 0.2) is 11.5 Å². The van der Waals surface area contributed by atoms with Crippen LogP contribution in [0.5, 0.6) is 11.5 Å². The fraction of sp³-hybridized carbons (Fsp3) is 0.130. The molecule has 2 amide bonds. The van der Waals surface area contributed by atoms with Gasteiger partial charge in [-0.05, 0) is 54.6 Å². The molecule has 0 saturated heterocycles. The first kappa shape index (κ1) is 23.4. The number of carbonyl (C=O) groups excluding carboxylic acids is 2. The Morgan fingerprint density at radius 3 is 2.41 bits per heavy atom. The Bertz CT molecular complexity index is 1140. The molecule has 0 aliphatic carbocycles. The second kappa shape index (κ2) is 10.9. The molecule has 9 heteroatoms. The van der Waals surface area contributed by atoms with E-state index in [2.05, 4.69) is 10.6 Å². The summed E-state index contributed by atoms with van der Waals surface area (Å²) < 4.78 is 23.6. The molecule has 3 aromatic carbocycles. The minimum atomic E-state index is -0.550. The van der Waals surface area contributed by atoms with Crippen molar-refractivity contribution in [2.24, 2.45) is 0 Å². The van der Waals surface area contributed by atoms with Crippen LogP contribution in [0.4, 0.5) is 15.8 Å². The number of hydrogen-bond acceptors (Lipinski definition) is 5. The van der Waals surface area contributed by atoms with E-state index in [1.165, 1.54) is 44.2 Å². The van der Waals surface area contributed by atoms with Gasteiger partial charge in [-0.1, -0.05) is 17.7 Å². The monoisotopic (exact) mass is 474 g/mol. The molecule has 0 saturated carbocycles. The number of rotatable bonds is 8. The maximum Gasteiger partial charge on any atom is 0.255 e. The van der Waals surface area contributed by atoms with Crippen molar-refractivity contribution in [3.05, 3.63) is 77.1 Å². The van der Waals surface area contributed by atoms with Crippen molar-refractivity contribution < 1.29 is 23.5 Å². The molecule has 32 heavy (non-hydrogen) atoms. The van der Waals surface area contributed by atoms with Gasteiger partial charge in [-0.15, -0.1) is 11.8 Å². The number of anilines is 2. The Morgan fingerprint density at radius 2 is 1.69 bits per heavy atom. The first-order valence-corrected chi connectivity index (χ1v) is 10.8. The topological polar surface area (TPSA) is 76.7 Å². The number of methoxy groups -OCH3 is 2. The van der Waals surface area contributed by atoms with E-state index in [-0.39, 0.29) is 22.6 Å². The van der Waals surface area contributed by atoms with Gasteiger partial charge in [0.05, 0.1) is 25.0 Å². The van der Waals surface area contributed by atoms with E-state index in [0.29, 0.717) is 28.4 Å². The van der Waals surface area contributed by atoms with Crippen LogP contribution >= 0.6 is 23.4 Å². The predicted octanol–water partition coefficient (Wildman–Crippen LogP) is 5.48. The molecule has 3 aromatic rings. The molecule has 2 N–H and O–H groups in total. The van der Waals surface area contributed by atoms with Crippen LogP contribution < -0.4 is 20.1 Å². The SMILES string of the molecule is COc1ccc(C(=O)Nc2cccc(SCC(=O)Nc3ccc(F)c(Cl)c3)c2)cc1OC. The smallest absolute Gasteiger partial charge is 0.255 e. The highest BCUT2D eigenvalue weighted by Gasteiger charge is 2.12. The summed E-state index contributed by atoms with van der Waals surface area (Å²) in [5, 5.41) is 5.43. The fourth-order valence-corrected chi connectivity index (χ4v) is 3.70. The zero-order chi connectivity index (χ0) is 23.1. The third-order valence-corrected chi connectivity index (χ3v) is 5.59. The molecule has 0 heterocycles. The Balaban J connectivity index is 1.59. The van der Waals surface area contributed by atoms with Crippen molar-refractivity contribution in [1.29, 1.82) is 0 Å². The third kappa shape index (κ3) is 6.15. The van der Waals surface area contributed by atoms with Gasteiger partial charge in [0.1, 0.15) is 5.82 Å². The molecule has 0 aliphatic rings. The van der Waals surface area contributed by atoms with Gasteiger partial charge < -0.3 is 20.1 Å². The predicted molar refractivity (Wildman–Crippen MR) is 125 cm³/mol. The average Bonchev–Trinajstić information content (AvgIpc) is 2.80. The molecule has 0 radical (unpaired) electrons. The van der Waals surface area contributed by atoms with Crippen LogP contribution in [0.15, 0.2) is 65.6 Å². The molecule has 0 spiro atoms. The lowest BCUT2D eigenvalue weighted by Gasteiger charge is -2.11. The Labute approximate surface area is 194 Å². The molecule has 6 nitrogen and oxygen atoms in total. The molecule has 0 fully saturated rings. The molecular weight excluding hydrogens is 455 g/mol. The molecule has 0 atom stereocenters. The van der Waals surface area contributed by atoms with Crippen molar-refractivity contribution in [2.45, 2.75) is 4.90 Å². The molecule has 0 aromatic heterocycles. The highest BCUT2D eigenvalue weighted by Crippen LogP contribution is 2.28. The number of carbonyl (C=O) groups is 2. The van der Waals surface area contributed by atoms with Crippen molar-refractivity contribution >= 4 is 46.6 Å². The molecule has 3 rings (SSSR count). The van der Waals surface area contributed by atoms with E-state index < -0.39 is 5.82 Å². The van der Waals surface area contributed by atoms with Gasteiger partial charge >= 0.3 is 0 Å². The zero-order valence-corrected chi connectivity index (χ0v) is 18.9. The largest absolute Gasteiger partial charge is 0.493 e. The van der Waals surface area contributed by atoms with Crippen molar-refractivity contribution in [3.63, 3.8) is 0 Å². The van der Waals surface area contributed by atoms with E-state index in [0.717, 1.165) is 4.90 Å². The first-order chi connectivity index (χ1) is 15.4. The van der Waals surface area contributed by atoms with Gasteiger partial charge in [0, 0.05) is 21.8 Å². The van der Waals surface area contributed by atoms with Crippen LogP contribution in [0.25, 0.3) is 0 Å². The lowest BCUT2D eigenvalue weighted by molar-refractivity contribution is -0.113. The summed E-state index contributed by atoms with van der Waals surface area (Å²) in [5.41, 5.74) is 1.41. The quantitative estimate of drug-likeness (QED) is 0.423. The fourth-order valence-electron chi connectivity index (χ4n) is 2.76.